The van der Waals surface area contributed by atoms with Crippen LogP contribution in [0.1, 0.15) is 48.7 Å². The van der Waals surface area contributed by atoms with Crippen LogP contribution in [0.4, 0.5) is 0 Å². The molecule has 1 saturated carbocycles. The second-order valence-corrected chi connectivity index (χ2v) is 6.67. The predicted molar refractivity (Wildman–Crippen MR) is 93.4 cm³/mol. The lowest BCUT2D eigenvalue weighted by molar-refractivity contribution is 0.0918. The van der Waals surface area contributed by atoms with Gasteiger partial charge in [-0.05, 0) is 49.9 Å². The van der Waals surface area contributed by atoms with Crippen LogP contribution in [0.5, 0.6) is 5.75 Å². The number of fused-ring (bicyclic) bond motifs is 1. The molecule has 128 valence electrons. The summed E-state index contributed by atoms with van der Waals surface area (Å²) in [7, 11) is 1.61. The molecule has 24 heavy (non-hydrogen) atoms. The summed E-state index contributed by atoms with van der Waals surface area (Å²) >= 11 is 0. The van der Waals surface area contributed by atoms with Gasteiger partial charge in [-0.2, -0.15) is 0 Å². The quantitative estimate of drug-likeness (QED) is 0.855. The first-order valence-corrected chi connectivity index (χ1v) is 8.44. The maximum Gasteiger partial charge on any atom is 0.252 e. The maximum atomic E-state index is 12.8. The van der Waals surface area contributed by atoms with Crippen molar-refractivity contribution < 1.29 is 14.6 Å². The summed E-state index contributed by atoms with van der Waals surface area (Å²) in [6.07, 6.45) is 2.27. The van der Waals surface area contributed by atoms with Gasteiger partial charge < -0.3 is 15.2 Å². The Labute approximate surface area is 142 Å². The van der Waals surface area contributed by atoms with Crippen LogP contribution in [0.25, 0.3) is 10.9 Å². The number of aromatic nitrogens is 1. The van der Waals surface area contributed by atoms with E-state index in [1.165, 1.54) is 0 Å². The predicted octanol–water partition coefficient (Wildman–Crippen LogP) is 2.87. The minimum Gasteiger partial charge on any atom is -0.497 e. The number of rotatable bonds is 6. The van der Waals surface area contributed by atoms with Crippen molar-refractivity contribution in [3.63, 3.8) is 0 Å². The number of ether oxygens (including phenoxy) is 1. The number of aliphatic hydroxyl groups is 1. The van der Waals surface area contributed by atoms with Crippen molar-refractivity contribution >= 4 is 16.8 Å². The van der Waals surface area contributed by atoms with E-state index >= 15 is 0 Å². The summed E-state index contributed by atoms with van der Waals surface area (Å²) in [6.45, 7) is 3.86. The number of carbonyl (C=O) groups excluding carboxylic acids is 1. The molecule has 0 bridgehead atoms. The van der Waals surface area contributed by atoms with Crippen molar-refractivity contribution in [2.24, 2.45) is 5.92 Å². The van der Waals surface area contributed by atoms with Crippen LogP contribution in [0.15, 0.2) is 24.3 Å². The smallest absolute Gasteiger partial charge is 0.252 e. The number of pyridine rings is 1. The average molecular weight is 328 g/mol. The third kappa shape index (κ3) is 3.36. The molecule has 3 rings (SSSR count). The lowest BCUT2D eigenvalue weighted by Gasteiger charge is -2.20. The van der Waals surface area contributed by atoms with E-state index in [2.05, 4.69) is 5.32 Å². The molecule has 2 aromatic rings. The van der Waals surface area contributed by atoms with Gasteiger partial charge in [0.25, 0.3) is 5.91 Å². The number of hydrogen-bond donors (Lipinski definition) is 2. The van der Waals surface area contributed by atoms with Crippen LogP contribution in [-0.2, 0) is 0 Å². The zero-order valence-electron chi connectivity index (χ0n) is 14.4. The van der Waals surface area contributed by atoms with Gasteiger partial charge in [-0.1, -0.05) is 6.92 Å². The molecule has 1 aromatic heterocycles. The molecule has 2 N–H and O–H groups in total. The molecular weight excluding hydrogens is 304 g/mol. The molecule has 5 nitrogen and oxygen atoms in total. The Morgan fingerprint density at radius 1 is 1.38 bits per heavy atom. The zero-order chi connectivity index (χ0) is 17.3. The SMILES string of the molecule is COc1ccc2nc(C3CC3)cc(C(=O)NC(C)C(C)CO)c2c1. The van der Waals surface area contributed by atoms with Gasteiger partial charge in [0.2, 0.25) is 0 Å². The summed E-state index contributed by atoms with van der Waals surface area (Å²) in [4.78, 5) is 17.5. The van der Waals surface area contributed by atoms with Crippen LogP contribution in [0.3, 0.4) is 0 Å². The molecule has 0 aliphatic heterocycles. The highest BCUT2D eigenvalue weighted by atomic mass is 16.5. The van der Waals surface area contributed by atoms with Gasteiger partial charge in [0, 0.05) is 29.6 Å². The molecule has 5 heteroatoms. The number of aliphatic hydroxyl groups excluding tert-OH is 1. The van der Waals surface area contributed by atoms with E-state index in [1.807, 2.05) is 38.1 Å². The van der Waals surface area contributed by atoms with E-state index < -0.39 is 0 Å². The Balaban J connectivity index is 2.01. The number of amides is 1. The van der Waals surface area contributed by atoms with Gasteiger partial charge in [-0.25, -0.2) is 0 Å². The fraction of sp³-hybridized carbons (Fsp3) is 0.474. The van der Waals surface area contributed by atoms with Gasteiger partial charge >= 0.3 is 0 Å². The summed E-state index contributed by atoms with van der Waals surface area (Å²) in [5.41, 5.74) is 2.42. The Morgan fingerprint density at radius 3 is 2.75 bits per heavy atom. The fourth-order valence-corrected chi connectivity index (χ4v) is 2.71. The van der Waals surface area contributed by atoms with Crippen LogP contribution in [0, 0.1) is 5.92 Å². The topological polar surface area (TPSA) is 71.5 Å². The Morgan fingerprint density at radius 2 is 2.12 bits per heavy atom. The molecule has 1 fully saturated rings. The monoisotopic (exact) mass is 328 g/mol. The summed E-state index contributed by atoms with van der Waals surface area (Å²) in [5, 5.41) is 13.1. The Bertz CT molecular complexity index is 756. The molecule has 1 aliphatic rings. The van der Waals surface area contributed by atoms with E-state index in [9.17, 15) is 9.90 Å². The molecule has 2 atom stereocenters. The molecule has 1 heterocycles. The van der Waals surface area contributed by atoms with Crippen molar-refractivity contribution in [3.05, 3.63) is 35.5 Å². The highest BCUT2D eigenvalue weighted by Gasteiger charge is 2.27. The highest BCUT2D eigenvalue weighted by Crippen LogP contribution is 2.40. The first-order chi connectivity index (χ1) is 11.5. The summed E-state index contributed by atoms with van der Waals surface area (Å²) < 4.78 is 5.29. The van der Waals surface area contributed by atoms with Crippen LogP contribution < -0.4 is 10.1 Å². The second-order valence-electron chi connectivity index (χ2n) is 6.67. The normalized spacial score (nSPS) is 16.7. The van der Waals surface area contributed by atoms with Crippen molar-refractivity contribution in [1.82, 2.24) is 10.3 Å². The van der Waals surface area contributed by atoms with Crippen molar-refractivity contribution in [1.29, 1.82) is 0 Å². The van der Waals surface area contributed by atoms with Crippen LogP contribution >= 0.6 is 0 Å². The Hall–Kier alpha value is -2.14. The number of carbonyl (C=O) groups is 1. The summed E-state index contributed by atoms with van der Waals surface area (Å²) in [5.74, 6) is 1.04. The minimum absolute atomic E-state index is 0.000472. The largest absolute Gasteiger partial charge is 0.497 e. The number of hydrogen-bond acceptors (Lipinski definition) is 4. The molecule has 1 aromatic carbocycles. The van der Waals surface area contributed by atoms with E-state index in [0.717, 1.165) is 29.4 Å². The van der Waals surface area contributed by atoms with Crippen molar-refractivity contribution in [2.75, 3.05) is 13.7 Å². The van der Waals surface area contributed by atoms with Crippen LogP contribution in [-0.4, -0.2) is 35.8 Å². The third-order valence-electron chi connectivity index (χ3n) is 4.78. The fourth-order valence-electron chi connectivity index (χ4n) is 2.71. The van der Waals surface area contributed by atoms with E-state index in [1.54, 1.807) is 7.11 Å². The molecule has 1 amide bonds. The summed E-state index contributed by atoms with van der Waals surface area (Å²) in [6, 6.07) is 7.42. The Kier molecular flexibility index (Phi) is 4.71. The highest BCUT2D eigenvalue weighted by molar-refractivity contribution is 6.06. The number of benzene rings is 1. The van der Waals surface area contributed by atoms with Gasteiger partial charge in [0.1, 0.15) is 5.75 Å². The van der Waals surface area contributed by atoms with Crippen molar-refractivity contribution in [3.8, 4) is 5.75 Å². The standard InChI is InChI=1S/C19H24N2O3/c1-11(10-22)12(2)20-19(23)16-9-18(13-4-5-13)21-17-7-6-14(24-3)8-15(16)17/h6-9,11-13,22H,4-5,10H2,1-3H3,(H,20,23). The van der Waals surface area contributed by atoms with Gasteiger partial charge in [-0.3, -0.25) is 9.78 Å². The molecular formula is C19H24N2O3. The van der Waals surface area contributed by atoms with Gasteiger partial charge in [-0.15, -0.1) is 0 Å². The van der Waals surface area contributed by atoms with Crippen molar-refractivity contribution in [2.45, 2.75) is 38.6 Å². The maximum absolute atomic E-state index is 12.8. The number of nitrogens with zero attached hydrogens (tertiary/aromatic N) is 1. The molecule has 0 saturated heterocycles. The minimum atomic E-state index is -0.134. The molecule has 1 aliphatic carbocycles. The van der Waals surface area contributed by atoms with E-state index in [4.69, 9.17) is 9.72 Å². The molecule has 2 unspecified atom stereocenters. The van der Waals surface area contributed by atoms with E-state index in [-0.39, 0.29) is 24.5 Å². The van der Waals surface area contributed by atoms with Gasteiger partial charge in [0.15, 0.2) is 0 Å². The number of nitrogens with one attached hydrogen (secondary N) is 1. The zero-order valence-corrected chi connectivity index (χ0v) is 14.4. The average Bonchev–Trinajstić information content (AvgIpc) is 3.44. The lowest BCUT2D eigenvalue weighted by atomic mass is 10.0. The second kappa shape index (κ2) is 6.77. The number of methoxy groups -OCH3 is 1. The lowest BCUT2D eigenvalue weighted by Crippen LogP contribution is -2.38. The van der Waals surface area contributed by atoms with Crippen LogP contribution in [0.2, 0.25) is 0 Å². The molecule has 0 spiro atoms. The first kappa shape index (κ1) is 16.7. The first-order valence-electron chi connectivity index (χ1n) is 8.44. The molecule has 0 radical (unpaired) electrons. The van der Waals surface area contributed by atoms with Gasteiger partial charge in [0.05, 0.1) is 18.2 Å². The van der Waals surface area contributed by atoms with E-state index in [0.29, 0.717) is 17.2 Å². The third-order valence-corrected chi connectivity index (χ3v) is 4.78.